The quantitative estimate of drug-likeness (QED) is 0.779. The van der Waals surface area contributed by atoms with E-state index < -0.39 is 15.2 Å². The summed E-state index contributed by atoms with van der Waals surface area (Å²) in [4.78, 5) is 13.7. The number of nitrogens with zero attached hydrogens (tertiary/aromatic N) is 1. The third-order valence-corrected chi connectivity index (χ3v) is 5.63. The van der Waals surface area contributed by atoms with Gasteiger partial charge in [0.25, 0.3) is 0 Å². The summed E-state index contributed by atoms with van der Waals surface area (Å²) < 4.78 is 23.3. The number of rotatable bonds is 4. The van der Waals surface area contributed by atoms with Crippen molar-refractivity contribution in [3.63, 3.8) is 0 Å². The number of carbonyl (C=O) groups excluding carboxylic acids is 1. The molecular formula is C10H20N2O3S2. The van der Waals surface area contributed by atoms with E-state index >= 15 is 0 Å². The molecule has 0 aromatic heterocycles. The third kappa shape index (κ3) is 3.59. The van der Waals surface area contributed by atoms with Crippen LogP contribution in [0.1, 0.15) is 13.3 Å². The van der Waals surface area contributed by atoms with Crippen LogP contribution in [0.5, 0.6) is 0 Å². The second kappa shape index (κ2) is 6.06. The van der Waals surface area contributed by atoms with Gasteiger partial charge in [0.2, 0.25) is 5.91 Å². The largest absolute Gasteiger partial charge is 0.330 e. The van der Waals surface area contributed by atoms with Crippen LogP contribution in [0.4, 0.5) is 0 Å². The number of hydrogen-bond donors (Lipinski definition) is 1. The van der Waals surface area contributed by atoms with Gasteiger partial charge in [-0.3, -0.25) is 4.79 Å². The van der Waals surface area contributed by atoms with Gasteiger partial charge in [0.1, 0.15) is 5.37 Å². The van der Waals surface area contributed by atoms with Crippen LogP contribution in [0.15, 0.2) is 0 Å². The monoisotopic (exact) mass is 280 g/mol. The molecule has 1 heterocycles. The number of thioether (sulfide) groups is 1. The minimum Gasteiger partial charge on any atom is -0.330 e. The van der Waals surface area contributed by atoms with E-state index in [0.717, 1.165) is 5.75 Å². The number of carbonyl (C=O) groups is 1. The number of sulfone groups is 1. The maximum absolute atomic E-state index is 12.2. The summed E-state index contributed by atoms with van der Waals surface area (Å²) >= 11 is 1.57. The van der Waals surface area contributed by atoms with Crippen molar-refractivity contribution in [3.8, 4) is 0 Å². The maximum Gasteiger partial charge on any atom is 0.228 e. The number of nitrogens with two attached hydrogens (primary N) is 1. The highest BCUT2D eigenvalue weighted by Crippen LogP contribution is 2.22. The topological polar surface area (TPSA) is 80.5 Å². The molecule has 2 unspecified atom stereocenters. The molecule has 0 radical (unpaired) electrons. The van der Waals surface area contributed by atoms with Crippen molar-refractivity contribution in [3.05, 3.63) is 0 Å². The van der Waals surface area contributed by atoms with Crippen molar-refractivity contribution in [2.75, 3.05) is 30.9 Å². The Morgan fingerprint density at radius 3 is 2.71 bits per heavy atom. The van der Waals surface area contributed by atoms with E-state index in [1.54, 1.807) is 11.8 Å². The van der Waals surface area contributed by atoms with Crippen LogP contribution in [0.3, 0.4) is 0 Å². The highest BCUT2D eigenvalue weighted by molar-refractivity contribution is 8.00. The van der Waals surface area contributed by atoms with Gasteiger partial charge in [0, 0.05) is 30.9 Å². The van der Waals surface area contributed by atoms with E-state index in [1.165, 1.54) is 11.2 Å². The van der Waals surface area contributed by atoms with Crippen molar-refractivity contribution < 1.29 is 13.2 Å². The fraction of sp³-hybridized carbons (Fsp3) is 0.900. The third-order valence-electron chi connectivity index (χ3n) is 2.99. The molecule has 0 spiro atoms. The van der Waals surface area contributed by atoms with E-state index in [1.807, 2.05) is 6.92 Å². The SMILES string of the molecule is CCC(CN)C(=O)N1CCSCC1S(C)(=O)=O. The standard InChI is InChI=1S/C10H20N2O3S2/c1-3-8(6-11)10(13)12-4-5-16-7-9(12)17(2,14)15/h8-9H,3-7,11H2,1-2H3. The Hall–Kier alpha value is -0.270. The number of amides is 1. The molecular weight excluding hydrogens is 260 g/mol. The molecule has 0 aromatic rings. The highest BCUT2D eigenvalue weighted by atomic mass is 32.2. The van der Waals surface area contributed by atoms with E-state index in [-0.39, 0.29) is 18.4 Å². The molecule has 100 valence electrons. The van der Waals surface area contributed by atoms with E-state index in [9.17, 15) is 13.2 Å². The molecule has 0 aromatic carbocycles. The van der Waals surface area contributed by atoms with Gasteiger partial charge in [-0.05, 0) is 6.42 Å². The Balaban J connectivity index is 2.88. The van der Waals surface area contributed by atoms with Crippen LogP contribution in [0.25, 0.3) is 0 Å². The zero-order valence-electron chi connectivity index (χ0n) is 10.3. The minimum atomic E-state index is -3.23. The lowest BCUT2D eigenvalue weighted by Gasteiger charge is -2.36. The Bertz CT molecular complexity index is 366. The van der Waals surface area contributed by atoms with Gasteiger partial charge in [0.05, 0.1) is 5.92 Å². The van der Waals surface area contributed by atoms with Crippen LogP contribution >= 0.6 is 11.8 Å². The lowest BCUT2D eigenvalue weighted by molar-refractivity contribution is -0.135. The smallest absolute Gasteiger partial charge is 0.228 e. The first-order valence-electron chi connectivity index (χ1n) is 5.69. The highest BCUT2D eigenvalue weighted by Gasteiger charge is 2.36. The molecule has 1 rings (SSSR count). The Morgan fingerprint density at radius 1 is 1.59 bits per heavy atom. The van der Waals surface area contributed by atoms with E-state index in [0.29, 0.717) is 18.7 Å². The van der Waals surface area contributed by atoms with Gasteiger partial charge in [0.15, 0.2) is 9.84 Å². The lowest BCUT2D eigenvalue weighted by atomic mass is 10.1. The zero-order valence-corrected chi connectivity index (χ0v) is 11.9. The van der Waals surface area contributed by atoms with Crippen molar-refractivity contribution >= 4 is 27.5 Å². The number of hydrogen-bond acceptors (Lipinski definition) is 5. The average molecular weight is 280 g/mol. The normalized spacial score (nSPS) is 23.5. The second-order valence-corrected chi connectivity index (χ2v) is 7.58. The predicted molar refractivity (Wildman–Crippen MR) is 70.5 cm³/mol. The Kier molecular flexibility index (Phi) is 5.27. The zero-order chi connectivity index (χ0) is 13.1. The summed E-state index contributed by atoms with van der Waals surface area (Å²) in [6, 6.07) is 0. The van der Waals surface area contributed by atoms with Crippen LogP contribution < -0.4 is 5.73 Å². The molecule has 1 aliphatic rings. The van der Waals surface area contributed by atoms with Crippen LogP contribution in [0, 0.1) is 5.92 Å². The molecule has 0 bridgehead atoms. The fourth-order valence-electron chi connectivity index (χ4n) is 1.86. The molecule has 7 heteroatoms. The van der Waals surface area contributed by atoms with Gasteiger partial charge < -0.3 is 10.6 Å². The maximum atomic E-state index is 12.2. The first-order valence-corrected chi connectivity index (χ1v) is 8.79. The first-order chi connectivity index (χ1) is 7.91. The summed E-state index contributed by atoms with van der Waals surface area (Å²) in [6.07, 6.45) is 1.84. The lowest BCUT2D eigenvalue weighted by Crippen LogP contribution is -2.52. The Morgan fingerprint density at radius 2 is 2.24 bits per heavy atom. The van der Waals surface area contributed by atoms with Crippen molar-refractivity contribution in [2.45, 2.75) is 18.7 Å². The predicted octanol–water partition coefficient (Wildman–Crippen LogP) is -0.0826. The van der Waals surface area contributed by atoms with Crippen molar-refractivity contribution in [1.82, 2.24) is 4.90 Å². The molecule has 1 amide bonds. The molecule has 0 aliphatic carbocycles. The van der Waals surface area contributed by atoms with Gasteiger partial charge >= 0.3 is 0 Å². The summed E-state index contributed by atoms with van der Waals surface area (Å²) in [7, 11) is -3.23. The van der Waals surface area contributed by atoms with Crippen molar-refractivity contribution in [1.29, 1.82) is 0 Å². The molecule has 2 N–H and O–H groups in total. The van der Waals surface area contributed by atoms with Gasteiger partial charge in [-0.15, -0.1) is 0 Å². The van der Waals surface area contributed by atoms with Gasteiger partial charge in [-0.1, -0.05) is 6.92 Å². The molecule has 1 aliphatic heterocycles. The fourth-order valence-corrected chi connectivity index (χ4v) is 4.69. The summed E-state index contributed by atoms with van der Waals surface area (Å²) in [5.74, 6) is 0.873. The minimum absolute atomic E-state index is 0.120. The molecule has 0 saturated carbocycles. The Labute approximate surface area is 107 Å². The van der Waals surface area contributed by atoms with Crippen LogP contribution in [0.2, 0.25) is 0 Å². The van der Waals surface area contributed by atoms with Crippen LogP contribution in [-0.4, -0.2) is 55.4 Å². The van der Waals surface area contributed by atoms with Crippen LogP contribution in [-0.2, 0) is 14.6 Å². The molecule has 2 atom stereocenters. The van der Waals surface area contributed by atoms with Crippen molar-refractivity contribution in [2.24, 2.45) is 11.7 Å². The summed E-state index contributed by atoms with van der Waals surface area (Å²) in [5, 5.41) is -0.686. The van der Waals surface area contributed by atoms with Gasteiger partial charge in [-0.25, -0.2) is 8.42 Å². The average Bonchev–Trinajstić information content (AvgIpc) is 2.29. The first kappa shape index (κ1) is 14.8. The summed E-state index contributed by atoms with van der Waals surface area (Å²) in [6.45, 7) is 2.66. The van der Waals surface area contributed by atoms with Gasteiger partial charge in [-0.2, -0.15) is 11.8 Å². The molecule has 5 nitrogen and oxygen atoms in total. The second-order valence-electron chi connectivity index (χ2n) is 4.23. The molecule has 17 heavy (non-hydrogen) atoms. The van der Waals surface area contributed by atoms with E-state index in [2.05, 4.69) is 0 Å². The summed E-state index contributed by atoms with van der Waals surface area (Å²) in [5.41, 5.74) is 5.54. The molecule has 1 saturated heterocycles. The molecule has 1 fully saturated rings. The van der Waals surface area contributed by atoms with E-state index in [4.69, 9.17) is 5.73 Å².